The monoisotopic (exact) mass is 296 g/mol. The van der Waals surface area contributed by atoms with E-state index in [1.807, 2.05) is 19.0 Å². The van der Waals surface area contributed by atoms with Gasteiger partial charge >= 0.3 is 0 Å². The standard InChI is InChI=1S/C13H24N6S/c1-5-10-8-19(6-7-20-10)9(2)11-15-12(14)17-13(16-11)18(3)4/h9-10H,5-8H2,1-4H3,(H2,14,15,16,17)/t9-,10-/m1/s1. The Bertz CT molecular complexity index is 452. The first kappa shape index (κ1) is 15.3. The van der Waals surface area contributed by atoms with Crippen LogP contribution in [-0.4, -0.2) is 58.0 Å². The smallest absolute Gasteiger partial charge is 0.229 e. The Morgan fingerprint density at radius 1 is 1.40 bits per heavy atom. The fourth-order valence-electron chi connectivity index (χ4n) is 2.29. The van der Waals surface area contributed by atoms with Gasteiger partial charge in [0.15, 0.2) is 5.82 Å². The quantitative estimate of drug-likeness (QED) is 0.900. The van der Waals surface area contributed by atoms with E-state index >= 15 is 0 Å². The summed E-state index contributed by atoms with van der Waals surface area (Å²) in [6.07, 6.45) is 1.20. The summed E-state index contributed by atoms with van der Waals surface area (Å²) in [7, 11) is 3.82. The predicted octanol–water partition coefficient (Wildman–Crippen LogP) is 1.41. The first-order valence-corrected chi connectivity index (χ1v) is 8.10. The summed E-state index contributed by atoms with van der Waals surface area (Å²) in [5, 5.41) is 0.707. The van der Waals surface area contributed by atoms with E-state index in [2.05, 4.69) is 45.5 Å². The van der Waals surface area contributed by atoms with E-state index in [0.717, 1.165) is 18.9 Å². The van der Waals surface area contributed by atoms with Gasteiger partial charge in [0.05, 0.1) is 6.04 Å². The average molecular weight is 296 g/mol. The lowest BCUT2D eigenvalue weighted by Crippen LogP contribution is -2.40. The predicted molar refractivity (Wildman–Crippen MR) is 85.1 cm³/mol. The summed E-state index contributed by atoms with van der Waals surface area (Å²) in [6.45, 7) is 6.56. The number of hydrogen-bond acceptors (Lipinski definition) is 7. The molecule has 1 saturated heterocycles. The zero-order valence-electron chi connectivity index (χ0n) is 12.7. The van der Waals surface area contributed by atoms with Gasteiger partial charge in [0.2, 0.25) is 11.9 Å². The molecule has 0 aliphatic carbocycles. The molecule has 1 aliphatic heterocycles. The van der Waals surface area contributed by atoms with Gasteiger partial charge < -0.3 is 10.6 Å². The van der Waals surface area contributed by atoms with Crippen molar-refractivity contribution in [1.29, 1.82) is 0 Å². The van der Waals surface area contributed by atoms with Crippen LogP contribution in [0.15, 0.2) is 0 Å². The minimum atomic E-state index is 0.175. The van der Waals surface area contributed by atoms with Gasteiger partial charge in [-0.3, -0.25) is 4.90 Å². The number of nitrogen functional groups attached to an aromatic ring is 1. The van der Waals surface area contributed by atoms with Crippen molar-refractivity contribution in [1.82, 2.24) is 19.9 Å². The van der Waals surface area contributed by atoms with E-state index in [9.17, 15) is 0 Å². The van der Waals surface area contributed by atoms with Gasteiger partial charge in [-0.1, -0.05) is 6.92 Å². The highest BCUT2D eigenvalue weighted by Crippen LogP contribution is 2.27. The lowest BCUT2D eigenvalue weighted by Gasteiger charge is -2.35. The molecule has 0 aromatic carbocycles. The molecule has 2 N–H and O–H groups in total. The van der Waals surface area contributed by atoms with Gasteiger partial charge in [0.25, 0.3) is 0 Å². The topological polar surface area (TPSA) is 71.2 Å². The third kappa shape index (κ3) is 3.52. The Morgan fingerprint density at radius 2 is 2.15 bits per heavy atom. The first-order valence-electron chi connectivity index (χ1n) is 7.05. The molecule has 6 nitrogen and oxygen atoms in total. The molecule has 1 aromatic rings. The molecule has 0 radical (unpaired) electrons. The lowest BCUT2D eigenvalue weighted by molar-refractivity contribution is 0.209. The van der Waals surface area contributed by atoms with Crippen LogP contribution in [0, 0.1) is 0 Å². The van der Waals surface area contributed by atoms with Crippen LogP contribution in [0.2, 0.25) is 0 Å². The van der Waals surface area contributed by atoms with Crippen molar-refractivity contribution in [2.24, 2.45) is 0 Å². The summed E-state index contributed by atoms with van der Waals surface area (Å²) in [5.74, 6) is 2.86. The molecule has 1 aromatic heterocycles. The van der Waals surface area contributed by atoms with E-state index in [0.29, 0.717) is 17.1 Å². The van der Waals surface area contributed by atoms with E-state index < -0.39 is 0 Å². The lowest BCUT2D eigenvalue weighted by atomic mass is 10.2. The van der Waals surface area contributed by atoms with Gasteiger partial charge in [0, 0.05) is 38.2 Å². The van der Waals surface area contributed by atoms with Crippen LogP contribution < -0.4 is 10.6 Å². The molecule has 112 valence electrons. The first-order chi connectivity index (χ1) is 9.51. The largest absolute Gasteiger partial charge is 0.368 e. The summed E-state index contributed by atoms with van der Waals surface area (Å²) in [6, 6.07) is 0.175. The average Bonchev–Trinajstić information content (AvgIpc) is 2.45. The maximum Gasteiger partial charge on any atom is 0.229 e. The SMILES string of the molecule is CC[C@@H]1CN([C@H](C)c2nc(N)nc(N(C)C)n2)CCS1. The zero-order chi connectivity index (χ0) is 14.7. The molecule has 0 unspecified atom stereocenters. The van der Waals surface area contributed by atoms with Gasteiger partial charge in [-0.25, -0.2) is 0 Å². The van der Waals surface area contributed by atoms with Gasteiger partial charge in [-0.15, -0.1) is 0 Å². The van der Waals surface area contributed by atoms with Crippen LogP contribution in [0.5, 0.6) is 0 Å². The third-order valence-electron chi connectivity index (χ3n) is 3.61. The normalized spacial score (nSPS) is 21.7. The maximum atomic E-state index is 5.81. The van der Waals surface area contributed by atoms with E-state index in [1.165, 1.54) is 12.2 Å². The molecule has 2 rings (SSSR count). The van der Waals surface area contributed by atoms with Crippen LogP contribution in [0.25, 0.3) is 0 Å². The molecule has 0 saturated carbocycles. The molecule has 7 heteroatoms. The van der Waals surface area contributed by atoms with Crippen molar-refractivity contribution >= 4 is 23.7 Å². The van der Waals surface area contributed by atoms with Crippen LogP contribution in [0.1, 0.15) is 32.1 Å². The highest BCUT2D eigenvalue weighted by Gasteiger charge is 2.26. The summed E-state index contributed by atoms with van der Waals surface area (Å²) < 4.78 is 0. The number of rotatable bonds is 4. The summed E-state index contributed by atoms with van der Waals surface area (Å²) in [4.78, 5) is 17.3. The van der Waals surface area contributed by atoms with Crippen LogP contribution in [-0.2, 0) is 0 Å². The Morgan fingerprint density at radius 3 is 2.80 bits per heavy atom. The number of nitrogens with two attached hydrogens (primary N) is 1. The van der Waals surface area contributed by atoms with Crippen molar-refractivity contribution in [3.63, 3.8) is 0 Å². The highest BCUT2D eigenvalue weighted by atomic mass is 32.2. The Balaban J connectivity index is 2.17. The second kappa shape index (κ2) is 6.58. The van der Waals surface area contributed by atoms with Crippen LogP contribution in [0.4, 0.5) is 11.9 Å². The summed E-state index contributed by atoms with van der Waals surface area (Å²) >= 11 is 2.06. The van der Waals surface area contributed by atoms with E-state index in [4.69, 9.17) is 5.73 Å². The Hall–Kier alpha value is -1.08. The number of nitrogens with zero attached hydrogens (tertiary/aromatic N) is 5. The Labute approximate surface area is 125 Å². The molecule has 1 fully saturated rings. The Kier molecular flexibility index (Phi) is 5.04. The molecule has 0 amide bonds. The van der Waals surface area contributed by atoms with E-state index in [1.54, 1.807) is 0 Å². The molecule has 2 atom stereocenters. The number of hydrogen-bond donors (Lipinski definition) is 1. The fourth-order valence-corrected chi connectivity index (χ4v) is 3.49. The summed E-state index contributed by atoms with van der Waals surface area (Å²) in [5.41, 5.74) is 5.81. The number of aromatic nitrogens is 3. The zero-order valence-corrected chi connectivity index (χ0v) is 13.5. The maximum absolute atomic E-state index is 5.81. The second-order valence-corrected chi connectivity index (χ2v) is 6.73. The number of thioether (sulfide) groups is 1. The van der Waals surface area contributed by atoms with Crippen LogP contribution in [0.3, 0.4) is 0 Å². The molecule has 1 aliphatic rings. The van der Waals surface area contributed by atoms with Gasteiger partial charge in [0.1, 0.15) is 0 Å². The molecular weight excluding hydrogens is 272 g/mol. The minimum absolute atomic E-state index is 0.175. The van der Waals surface area contributed by atoms with Crippen LogP contribution >= 0.6 is 11.8 Å². The van der Waals surface area contributed by atoms with Crippen molar-refractivity contribution in [2.75, 3.05) is 43.6 Å². The van der Waals surface area contributed by atoms with Crippen molar-refractivity contribution < 1.29 is 0 Å². The molecule has 0 spiro atoms. The third-order valence-corrected chi connectivity index (χ3v) is 4.98. The van der Waals surface area contributed by atoms with E-state index in [-0.39, 0.29) is 6.04 Å². The van der Waals surface area contributed by atoms with Crippen molar-refractivity contribution in [3.05, 3.63) is 5.82 Å². The second-order valence-electron chi connectivity index (χ2n) is 5.32. The molecule has 2 heterocycles. The highest BCUT2D eigenvalue weighted by molar-refractivity contribution is 8.00. The van der Waals surface area contributed by atoms with Gasteiger partial charge in [-0.2, -0.15) is 26.7 Å². The van der Waals surface area contributed by atoms with Crippen molar-refractivity contribution in [2.45, 2.75) is 31.6 Å². The van der Waals surface area contributed by atoms with Crippen molar-refractivity contribution in [3.8, 4) is 0 Å². The molecule has 0 bridgehead atoms. The molecule has 20 heavy (non-hydrogen) atoms. The fraction of sp³-hybridized carbons (Fsp3) is 0.769. The minimum Gasteiger partial charge on any atom is -0.368 e. The van der Waals surface area contributed by atoms with Gasteiger partial charge in [-0.05, 0) is 13.3 Å². The molecular formula is C13H24N6S. The number of anilines is 2.